The first-order valence-corrected chi connectivity index (χ1v) is 24.4. The van der Waals surface area contributed by atoms with Crippen molar-refractivity contribution in [3.63, 3.8) is 0 Å². The number of nitrogens with zero attached hydrogens (tertiary/aromatic N) is 15. The van der Waals surface area contributed by atoms with E-state index in [0.717, 1.165) is 56.8 Å². The minimum atomic E-state index is -0.563. The molecule has 0 atom stereocenters. The van der Waals surface area contributed by atoms with Gasteiger partial charge in [0.1, 0.15) is 29.0 Å². The van der Waals surface area contributed by atoms with Gasteiger partial charge in [0.15, 0.2) is 35.5 Å². The standard InChI is InChI=1S/C47H56FN17O6/c1-27(2)65-45-36(42(49)52-26-53-45)38(55-65)39-35(41(71-57-39)29-4-5-29)43-50-22-30(23-51-43)60-18-20-63(21-19-60)47(69)70-25-34(67)62-11-8-28(9-12-62)24-59-14-16-61(17-15-59)32-7-6-31-40(37(32)48)58(3)56-44(31)64-13-10-33(66)54-46(64)68/h6-7,22-23,26-29H,4-5,8-21,24-25H2,1-3H3,(H2,49,52,53)(H,54,66,68). The number of benzene rings is 1. The Hall–Kier alpha value is -7.50. The van der Waals surface area contributed by atoms with E-state index in [4.69, 9.17) is 30.1 Å². The number of aromatic nitrogens is 9. The minimum absolute atomic E-state index is 0.00784. The van der Waals surface area contributed by atoms with Gasteiger partial charge in [0.2, 0.25) is 5.91 Å². The largest absolute Gasteiger partial charge is 0.439 e. The number of aryl methyl sites for hydroxylation is 1. The molecular formula is C47H56FN17O6. The number of nitrogens with one attached hydrogen (secondary N) is 1. The average molecular weight is 974 g/mol. The summed E-state index contributed by atoms with van der Waals surface area (Å²) in [5, 5.41) is 17.2. The second-order valence-corrected chi connectivity index (χ2v) is 19.3. The number of piperidine rings is 1. The van der Waals surface area contributed by atoms with E-state index in [1.54, 1.807) is 46.1 Å². The van der Waals surface area contributed by atoms with Crippen LogP contribution in [0.2, 0.25) is 0 Å². The van der Waals surface area contributed by atoms with Gasteiger partial charge in [-0.1, -0.05) is 5.16 Å². The third-order valence-corrected chi connectivity index (χ3v) is 14.4. The van der Waals surface area contributed by atoms with Crippen LogP contribution in [0.3, 0.4) is 0 Å². The van der Waals surface area contributed by atoms with E-state index in [0.29, 0.717) is 120 Å². The maximum Gasteiger partial charge on any atom is 0.410 e. The summed E-state index contributed by atoms with van der Waals surface area (Å²) in [5.74, 6) is 1.49. The molecule has 0 unspecified atom stereocenters. The predicted octanol–water partition coefficient (Wildman–Crippen LogP) is 3.77. The summed E-state index contributed by atoms with van der Waals surface area (Å²) in [5.41, 5.74) is 10.3. The highest BCUT2D eigenvalue weighted by Gasteiger charge is 2.37. The second kappa shape index (κ2) is 18.7. The van der Waals surface area contributed by atoms with Gasteiger partial charge in [-0.05, 0) is 57.6 Å². The number of carbonyl (C=O) groups excluding carboxylic acids is 4. The second-order valence-electron chi connectivity index (χ2n) is 19.3. The van der Waals surface area contributed by atoms with Gasteiger partial charge in [-0.3, -0.25) is 29.4 Å². The van der Waals surface area contributed by atoms with Gasteiger partial charge in [0, 0.05) is 109 Å². The van der Waals surface area contributed by atoms with E-state index in [1.165, 1.54) is 15.9 Å². The predicted molar refractivity (Wildman–Crippen MR) is 258 cm³/mol. The summed E-state index contributed by atoms with van der Waals surface area (Å²) in [6.07, 6.45) is 8.25. The number of fused-ring (bicyclic) bond motifs is 2. The van der Waals surface area contributed by atoms with Crippen LogP contribution in [0.1, 0.15) is 63.7 Å². The van der Waals surface area contributed by atoms with Crippen LogP contribution >= 0.6 is 0 Å². The Bertz CT molecular complexity index is 3020. The summed E-state index contributed by atoms with van der Waals surface area (Å²) < 4.78 is 30.8. The van der Waals surface area contributed by atoms with E-state index < -0.39 is 17.9 Å². The maximum absolute atomic E-state index is 16.1. The van der Waals surface area contributed by atoms with Crippen LogP contribution < -0.4 is 25.8 Å². The number of likely N-dealkylation sites (tertiary alicyclic amines) is 1. The van der Waals surface area contributed by atoms with Gasteiger partial charge in [-0.15, -0.1) is 0 Å². The topological polar surface area (TPSA) is 248 Å². The molecule has 5 aromatic heterocycles. The lowest BCUT2D eigenvalue weighted by Gasteiger charge is -2.39. The van der Waals surface area contributed by atoms with Crippen molar-refractivity contribution < 1.29 is 32.8 Å². The molecule has 1 saturated carbocycles. The first-order valence-electron chi connectivity index (χ1n) is 24.4. The molecule has 6 aromatic rings. The number of carbonyl (C=O) groups is 4. The van der Waals surface area contributed by atoms with Crippen molar-refractivity contribution in [1.29, 1.82) is 0 Å². The Morgan fingerprint density at radius 1 is 0.873 bits per heavy atom. The highest BCUT2D eigenvalue weighted by molar-refractivity contribution is 6.09. The molecule has 0 radical (unpaired) electrons. The molecule has 5 aliphatic rings. The van der Waals surface area contributed by atoms with Crippen LogP contribution in [0.4, 0.5) is 37.0 Å². The number of amides is 5. The summed E-state index contributed by atoms with van der Waals surface area (Å²) in [7, 11) is 1.65. The molecular weight excluding hydrogens is 918 g/mol. The third kappa shape index (κ3) is 8.77. The zero-order valence-corrected chi connectivity index (χ0v) is 40.0. The fourth-order valence-electron chi connectivity index (χ4n) is 10.3. The normalized spacial score (nSPS) is 18.6. The highest BCUT2D eigenvalue weighted by Crippen LogP contribution is 2.48. The van der Waals surface area contributed by atoms with Crippen molar-refractivity contribution in [3.8, 4) is 22.8 Å². The summed E-state index contributed by atoms with van der Waals surface area (Å²) >= 11 is 0. The molecule has 23 nitrogen and oxygen atoms in total. The molecule has 11 rings (SSSR count). The molecule has 9 heterocycles. The molecule has 1 aromatic carbocycles. The van der Waals surface area contributed by atoms with Crippen LogP contribution in [0.15, 0.2) is 35.4 Å². The van der Waals surface area contributed by atoms with Crippen molar-refractivity contribution in [2.75, 3.05) is 106 Å². The summed E-state index contributed by atoms with van der Waals surface area (Å²) in [4.78, 5) is 80.1. The van der Waals surface area contributed by atoms with Gasteiger partial charge in [0.25, 0.3) is 5.91 Å². The highest BCUT2D eigenvalue weighted by atomic mass is 19.1. The number of anilines is 4. The van der Waals surface area contributed by atoms with Crippen molar-refractivity contribution in [2.45, 2.75) is 57.9 Å². The number of halogens is 1. The number of rotatable bonds is 11. The maximum atomic E-state index is 16.1. The third-order valence-electron chi connectivity index (χ3n) is 14.4. The van der Waals surface area contributed by atoms with Gasteiger partial charge >= 0.3 is 12.1 Å². The Kier molecular flexibility index (Phi) is 12.1. The Morgan fingerprint density at radius 3 is 2.31 bits per heavy atom. The van der Waals surface area contributed by atoms with Gasteiger partial charge < -0.3 is 34.6 Å². The van der Waals surface area contributed by atoms with Crippen molar-refractivity contribution in [1.82, 2.24) is 64.7 Å². The Balaban J connectivity index is 0.629. The summed E-state index contributed by atoms with van der Waals surface area (Å²) in [6.45, 7) is 10.7. The molecule has 71 heavy (non-hydrogen) atoms. The number of urea groups is 1. The van der Waals surface area contributed by atoms with E-state index in [-0.39, 0.29) is 43.3 Å². The number of ether oxygens (including phenoxy) is 1. The monoisotopic (exact) mass is 973 g/mol. The van der Waals surface area contributed by atoms with Crippen LogP contribution in [0.25, 0.3) is 44.7 Å². The molecule has 3 N–H and O–H groups in total. The number of nitrogens with two attached hydrogens (primary N) is 1. The number of hydrogen-bond donors (Lipinski definition) is 2. The molecule has 1 aliphatic carbocycles. The van der Waals surface area contributed by atoms with Gasteiger partial charge in [-0.2, -0.15) is 10.2 Å². The number of imide groups is 1. The van der Waals surface area contributed by atoms with E-state index >= 15 is 4.39 Å². The SMILES string of the molecule is CC(C)n1nc(-c2noc(C3CC3)c2-c2ncc(N3CCN(C(=O)OCC(=O)N4CCC(CN5CCN(c6ccc7c(N8CCC(=O)NC8=O)nn(C)c7c6F)CC5)CC4)CC3)cn2)c2c(N)ncnc21. The van der Waals surface area contributed by atoms with E-state index in [1.807, 2.05) is 18.7 Å². The lowest BCUT2D eigenvalue weighted by Crippen LogP contribution is -2.50. The Morgan fingerprint density at radius 2 is 1.61 bits per heavy atom. The molecule has 5 amide bonds. The van der Waals surface area contributed by atoms with Gasteiger partial charge in [-0.25, -0.2) is 38.6 Å². The van der Waals surface area contributed by atoms with Crippen molar-refractivity contribution >= 4 is 68.9 Å². The minimum Gasteiger partial charge on any atom is -0.439 e. The average Bonchev–Trinajstić information content (AvgIpc) is 3.85. The zero-order chi connectivity index (χ0) is 49.1. The fraction of sp³-hybridized carbons (Fsp3) is 0.511. The molecule has 0 spiro atoms. The number of piperazine rings is 2. The van der Waals surface area contributed by atoms with Crippen molar-refractivity contribution in [3.05, 3.63) is 42.4 Å². The summed E-state index contributed by atoms with van der Waals surface area (Å²) in [6, 6.07) is 2.98. The first kappa shape index (κ1) is 45.9. The number of hydrogen-bond acceptors (Lipinski definition) is 17. The van der Waals surface area contributed by atoms with Crippen LogP contribution in [0, 0.1) is 11.7 Å². The van der Waals surface area contributed by atoms with Crippen LogP contribution in [-0.2, 0) is 21.4 Å². The molecule has 4 saturated heterocycles. The quantitative estimate of drug-likeness (QED) is 0.188. The first-order chi connectivity index (χ1) is 34.4. The van der Waals surface area contributed by atoms with E-state index in [2.05, 4.69) is 35.3 Å². The molecule has 24 heteroatoms. The smallest absolute Gasteiger partial charge is 0.410 e. The molecule has 372 valence electrons. The van der Waals surface area contributed by atoms with Gasteiger partial charge in [0.05, 0.1) is 34.7 Å². The van der Waals surface area contributed by atoms with E-state index in [9.17, 15) is 19.2 Å². The van der Waals surface area contributed by atoms with Crippen LogP contribution in [0.5, 0.6) is 0 Å². The zero-order valence-electron chi connectivity index (χ0n) is 40.0. The number of nitrogen functional groups attached to an aromatic ring is 1. The molecule has 0 bridgehead atoms. The lowest BCUT2D eigenvalue weighted by atomic mass is 9.96. The molecule has 5 fully saturated rings. The van der Waals surface area contributed by atoms with Crippen molar-refractivity contribution in [2.24, 2.45) is 13.0 Å². The molecule has 4 aliphatic heterocycles. The fourth-order valence-corrected chi connectivity index (χ4v) is 10.3. The Labute approximate surface area is 407 Å². The van der Waals surface area contributed by atoms with Crippen LogP contribution in [-0.4, -0.2) is 168 Å². The lowest BCUT2D eigenvalue weighted by molar-refractivity contribution is -0.136.